The van der Waals surface area contributed by atoms with Crippen molar-refractivity contribution < 1.29 is 0 Å². The average molecular weight is 348 g/mol. The molecule has 4 aromatic rings. The van der Waals surface area contributed by atoms with Crippen LogP contribution in [0.4, 0.5) is 0 Å². The molecule has 3 heteroatoms. The van der Waals surface area contributed by atoms with Gasteiger partial charge in [0.05, 0.1) is 0 Å². The lowest BCUT2D eigenvalue weighted by molar-refractivity contribution is 1.79. The van der Waals surface area contributed by atoms with E-state index in [0.29, 0.717) is 0 Å². The van der Waals surface area contributed by atoms with E-state index >= 15 is 0 Å². The summed E-state index contributed by atoms with van der Waals surface area (Å²) in [6, 6.07) is 16.8. The molecule has 0 unspecified atom stereocenters. The summed E-state index contributed by atoms with van der Waals surface area (Å²) in [6.45, 7) is 0. The molecule has 0 aliphatic carbocycles. The number of fused-ring (bicyclic) bond motifs is 5. The van der Waals surface area contributed by atoms with Crippen molar-refractivity contribution in [3.8, 4) is 0 Å². The number of halogens is 2. The molecule has 0 aliphatic rings. The molecule has 0 bridgehead atoms. The molecular weight excluding hydrogens is 340 g/mol. The molecule has 1 heterocycles. The summed E-state index contributed by atoms with van der Waals surface area (Å²) in [6.07, 6.45) is 0. The lowest BCUT2D eigenvalue weighted by atomic mass is 10.1. The Morgan fingerprint density at radius 3 is 2.68 bits per heavy atom. The van der Waals surface area contributed by atoms with E-state index in [0.717, 1.165) is 9.50 Å². The summed E-state index contributed by atoms with van der Waals surface area (Å²) >= 11 is 11.7. The van der Waals surface area contributed by atoms with Gasteiger partial charge < -0.3 is 0 Å². The van der Waals surface area contributed by atoms with E-state index in [1.165, 1.54) is 30.9 Å². The number of hydrogen-bond donors (Lipinski definition) is 0. The minimum atomic E-state index is 0.784. The van der Waals surface area contributed by atoms with Crippen molar-refractivity contribution >= 4 is 69.8 Å². The molecule has 3 aromatic carbocycles. The largest absolute Gasteiger partial charge is 0.134 e. The van der Waals surface area contributed by atoms with Crippen LogP contribution < -0.4 is 0 Å². The predicted molar refractivity (Wildman–Crippen MR) is 89.5 cm³/mol. The van der Waals surface area contributed by atoms with E-state index in [1.54, 1.807) is 0 Å². The number of hydrogen-bond acceptors (Lipinski definition) is 1. The van der Waals surface area contributed by atoms with Crippen molar-refractivity contribution in [2.75, 3.05) is 0 Å². The van der Waals surface area contributed by atoms with Crippen molar-refractivity contribution in [3.63, 3.8) is 0 Å². The maximum absolute atomic E-state index is 6.14. The molecule has 0 saturated carbocycles. The zero-order chi connectivity index (χ0) is 13.0. The first-order chi connectivity index (χ1) is 9.24. The van der Waals surface area contributed by atoms with Crippen LogP contribution in [-0.4, -0.2) is 0 Å². The zero-order valence-corrected chi connectivity index (χ0v) is 12.9. The van der Waals surface area contributed by atoms with Crippen LogP contribution >= 0.6 is 38.9 Å². The molecular formula is C16H8BrClS. The van der Waals surface area contributed by atoms with Crippen LogP contribution in [0, 0.1) is 0 Å². The van der Waals surface area contributed by atoms with E-state index < -0.39 is 0 Å². The summed E-state index contributed by atoms with van der Waals surface area (Å²) in [4.78, 5) is 0. The molecule has 0 spiro atoms. The van der Waals surface area contributed by atoms with Crippen molar-refractivity contribution in [2.45, 2.75) is 0 Å². The standard InChI is InChI=1S/C16H8BrClS/c17-13-7-9-3-1-2-4-11(9)16-15(13)12-8-10(18)5-6-14(12)19-16/h1-8H. The Morgan fingerprint density at radius 2 is 1.79 bits per heavy atom. The Bertz CT molecular complexity index is 940. The second-order valence-corrected chi connectivity index (χ2v) is 6.87. The van der Waals surface area contributed by atoms with Crippen molar-refractivity contribution in [2.24, 2.45) is 0 Å². The van der Waals surface area contributed by atoms with Gasteiger partial charge in [-0.2, -0.15) is 0 Å². The molecule has 0 amide bonds. The summed E-state index contributed by atoms with van der Waals surface area (Å²) in [5.74, 6) is 0. The fraction of sp³-hybridized carbons (Fsp3) is 0. The summed E-state index contributed by atoms with van der Waals surface area (Å²) in [5, 5.41) is 5.84. The third-order valence-corrected chi connectivity index (χ3v) is 5.44. The Balaban J connectivity index is 2.34. The van der Waals surface area contributed by atoms with Crippen molar-refractivity contribution in [1.29, 1.82) is 0 Å². The third-order valence-electron chi connectivity index (χ3n) is 3.38. The third kappa shape index (κ3) is 1.71. The summed E-state index contributed by atoms with van der Waals surface area (Å²) in [5.41, 5.74) is 0. The van der Waals surface area contributed by atoms with E-state index in [1.807, 2.05) is 17.4 Å². The summed E-state index contributed by atoms with van der Waals surface area (Å²) < 4.78 is 3.73. The Hall–Kier alpha value is -1.09. The van der Waals surface area contributed by atoms with Gasteiger partial charge in [0, 0.05) is 29.7 Å². The SMILES string of the molecule is Clc1ccc2sc3c4ccccc4cc(Br)c3c2c1. The van der Waals surface area contributed by atoms with Crippen LogP contribution in [0.25, 0.3) is 30.9 Å². The monoisotopic (exact) mass is 346 g/mol. The minimum Gasteiger partial charge on any atom is -0.134 e. The van der Waals surface area contributed by atoms with Gasteiger partial charge in [-0.15, -0.1) is 11.3 Å². The average Bonchev–Trinajstić information content (AvgIpc) is 2.78. The smallest absolute Gasteiger partial charge is 0.0445 e. The molecule has 0 radical (unpaired) electrons. The highest BCUT2D eigenvalue weighted by molar-refractivity contribution is 9.10. The van der Waals surface area contributed by atoms with Crippen molar-refractivity contribution in [3.05, 3.63) is 58.0 Å². The van der Waals surface area contributed by atoms with Gasteiger partial charge in [0.15, 0.2) is 0 Å². The Morgan fingerprint density at radius 1 is 0.947 bits per heavy atom. The second kappa shape index (κ2) is 4.20. The quantitative estimate of drug-likeness (QED) is 0.335. The lowest BCUT2D eigenvalue weighted by Crippen LogP contribution is -1.75. The topological polar surface area (TPSA) is 0 Å². The molecule has 19 heavy (non-hydrogen) atoms. The maximum Gasteiger partial charge on any atom is 0.0445 e. The Labute approximate surface area is 127 Å². The predicted octanol–water partition coefficient (Wildman–Crippen LogP) is 6.62. The van der Waals surface area contributed by atoms with Gasteiger partial charge in [-0.05, 0) is 35.0 Å². The first-order valence-electron chi connectivity index (χ1n) is 5.93. The highest BCUT2D eigenvalue weighted by Gasteiger charge is 2.12. The maximum atomic E-state index is 6.14. The Kier molecular flexibility index (Phi) is 2.59. The fourth-order valence-corrected chi connectivity index (χ4v) is 4.74. The number of benzene rings is 3. The van der Waals surface area contributed by atoms with E-state index in [2.05, 4.69) is 58.4 Å². The van der Waals surface area contributed by atoms with Gasteiger partial charge in [-0.3, -0.25) is 0 Å². The fourth-order valence-electron chi connectivity index (χ4n) is 2.53. The van der Waals surface area contributed by atoms with Gasteiger partial charge in [0.1, 0.15) is 0 Å². The van der Waals surface area contributed by atoms with Gasteiger partial charge in [-0.25, -0.2) is 0 Å². The second-order valence-electron chi connectivity index (χ2n) is 4.53. The van der Waals surface area contributed by atoms with Crippen LogP contribution in [-0.2, 0) is 0 Å². The molecule has 0 nitrogen and oxygen atoms in total. The van der Waals surface area contributed by atoms with Crippen molar-refractivity contribution in [1.82, 2.24) is 0 Å². The van der Waals surface area contributed by atoms with E-state index in [4.69, 9.17) is 11.6 Å². The highest BCUT2D eigenvalue weighted by Crippen LogP contribution is 2.43. The molecule has 0 aliphatic heterocycles. The lowest BCUT2D eigenvalue weighted by Gasteiger charge is -2.02. The molecule has 1 aromatic heterocycles. The van der Waals surface area contributed by atoms with E-state index in [9.17, 15) is 0 Å². The van der Waals surface area contributed by atoms with Crippen LogP contribution in [0.2, 0.25) is 5.02 Å². The van der Waals surface area contributed by atoms with Gasteiger partial charge in [0.25, 0.3) is 0 Å². The first kappa shape index (κ1) is 11.7. The molecule has 4 rings (SSSR count). The van der Waals surface area contributed by atoms with Gasteiger partial charge in [0.2, 0.25) is 0 Å². The summed E-state index contributed by atoms with van der Waals surface area (Å²) in [7, 11) is 0. The molecule has 0 saturated heterocycles. The van der Waals surface area contributed by atoms with Crippen LogP contribution in [0.3, 0.4) is 0 Å². The highest BCUT2D eigenvalue weighted by atomic mass is 79.9. The minimum absolute atomic E-state index is 0.784. The van der Waals surface area contributed by atoms with Gasteiger partial charge >= 0.3 is 0 Å². The molecule has 0 N–H and O–H groups in total. The number of rotatable bonds is 0. The van der Waals surface area contributed by atoms with Gasteiger partial charge in [-0.1, -0.05) is 51.8 Å². The molecule has 92 valence electrons. The van der Waals surface area contributed by atoms with Crippen LogP contribution in [0.1, 0.15) is 0 Å². The molecule has 0 fully saturated rings. The normalized spacial score (nSPS) is 11.7. The van der Waals surface area contributed by atoms with Crippen LogP contribution in [0.5, 0.6) is 0 Å². The zero-order valence-electron chi connectivity index (χ0n) is 9.78. The van der Waals surface area contributed by atoms with E-state index in [-0.39, 0.29) is 0 Å². The first-order valence-corrected chi connectivity index (χ1v) is 7.92. The molecule has 0 atom stereocenters. The van der Waals surface area contributed by atoms with Crippen LogP contribution in [0.15, 0.2) is 53.0 Å². The number of thiophene rings is 1.